The zero-order valence-electron chi connectivity index (χ0n) is 53.4. The molecule has 0 rings (SSSR count). The van der Waals surface area contributed by atoms with Crippen LogP contribution in [0.5, 0.6) is 0 Å². The Balaban J connectivity index is 4.30. The van der Waals surface area contributed by atoms with Gasteiger partial charge in [-0.1, -0.05) is 333 Å². The minimum absolute atomic E-state index is 0.0703. The summed E-state index contributed by atoms with van der Waals surface area (Å²) in [5.41, 5.74) is 0. The molecular formula is C73H136O6. The molecule has 0 aliphatic rings. The molecule has 0 fully saturated rings. The average Bonchev–Trinajstić information content (AvgIpc) is 3.45. The van der Waals surface area contributed by atoms with Gasteiger partial charge in [0, 0.05) is 19.3 Å². The van der Waals surface area contributed by atoms with Crippen LogP contribution >= 0.6 is 0 Å². The van der Waals surface area contributed by atoms with E-state index in [1.165, 1.54) is 283 Å². The molecule has 1 atom stereocenters. The van der Waals surface area contributed by atoms with E-state index in [9.17, 15) is 14.4 Å². The largest absolute Gasteiger partial charge is 0.462 e. The number of carbonyl (C=O) groups is 3. The minimum atomic E-state index is -0.775. The van der Waals surface area contributed by atoms with E-state index in [0.717, 1.165) is 70.6 Å². The van der Waals surface area contributed by atoms with Gasteiger partial charge in [0.15, 0.2) is 6.10 Å². The number of rotatable bonds is 66. The monoisotopic (exact) mass is 1110 g/mol. The van der Waals surface area contributed by atoms with Gasteiger partial charge in [0.25, 0.3) is 0 Å². The van der Waals surface area contributed by atoms with Crippen molar-refractivity contribution < 1.29 is 28.6 Å². The summed E-state index contributed by atoms with van der Waals surface area (Å²) >= 11 is 0. The highest BCUT2D eigenvalue weighted by Crippen LogP contribution is 2.18. The van der Waals surface area contributed by atoms with Crippen molar-refractivity contribution in [3.8, 4) is 0 Å². The Bertz CT molecular complexity index is 1320. The minimum Gasteiger partial charge on any atom is -0.462 e. The first kappa shape index (κ1) is 76.6. The van der Waals surface area contributed by atoms with Gasteiger partial charge in [-0.15, -0.1) is 0 Å². The topological polar surface area (TPSA) is 78.9 Å². The number of allylic oxidation sites excluding steroid dienone is 6. The number of esters is 3. The molecular weight excluding hydrogens is 973 g/mol. The van der Waals surface area contributed by atoms with Gasteiger partial charge >= 0.3 is 17.9 Å². The first-order valence-corrected chi connectivity index (χ1v) is 35.5. The second-order valence-corrected chi connectivity index (χ2v) is 24.1. The summed E-state index contributed by atoms with van der Waals surface area (Å²) in [4.78, 5) is 38.5. The van der Waals surface area contributed by atoms with Crippen LogP contribution in [0.25, 0.3) is 0 Å². The number of carbonyl (C=O) groups excluding carboxylic acids is 3. The predicted octanol–water partition coefficient (Wildman–Crippen LogP) is 24.3. The zero-order chi connectivity index (χ0) is 57.1. The highest BCUT2D eigenvalue weighted by molar-refractivity contribution is 5.71. The van der Waals surface area contributed by atoms with Crippen molar-refractivity contribution in [2.45, 2.75) is 399 Å². The molecule has 0 heterocycles. The molecule has 0 bridgehead atoms. The molecule has 464 valence electrons. The zero-order valence-corrected chi connectivity index (χ0v) is 53.4. The van der Waals surface area contributed by atoms with Gasteiger partial charge < -0.3 is 14.2 Å². The van der Waals surface area contributed by atoms with Crippen LogP contribution in [0.4, 0.5) is 0 Å². The third-order valence-corrected chi connectivity index (χ3v) is 16.1. The van der Waals surface area contributed by atoms with E-state index in [4.69, 9.17) is 14.2 Å². The highest BCUT2D eigenvalue weighted by Gasteiger charge is 2.19. The maximum atomic E-state index is 13.0. The molecule has 0 saturated carbocycles. The van der Waals surface area contributed by atoms with Crippen LogP contribution in [0.3, 0.4) is 0 Å². The first-order chi connectivity index (χ1) is 39.0. The van der Waals surface area contributed by atoms with E-state index in [1.54, 1.807) is 0 Å². The Morgan fingerprint density at radius 1 is 0.253 bits per heavy atom. The van der Waals surface area contributed by atoms with E-state index in [2.05, 4.69) is 57.2 Å². The average molecular weight is 1110 g/mol. The summed E-state index contributed by atoms with van der Waals surface area (Å²) in [7, 11) is 0. The fourth-order valence-electron chi connectivity index (χ4n) is 10.8. The lowest BCUT2D eigenvalue weighted by atomic mass is 10.0. The second-order valence-electron chi connectivity index (χ2n) is 24.1. The van der Waals surface area contributed by atoms with Crippen LogP contribution in [-0.4, -0.2) is 37.2 Å². The number of hydrogen-bond donors (Lipinski definition) is 0. The SMILES string of the molecule is CCCCC/C=C\C/C=C\CCCCCCCCCC(=O)OCC(COC(=O)CCCCCCCCCCCCC/C=C\CCCCCCCCCC)OC(=O)CCCCCCCCCCCCCCCCCCCCCCC. The maximum absolute atomic E-state index is 13.0. The maximum Gasteiger partial charge on any atom is 0.306 e. The van der Waals surface area contributed by atoms with E-state index >= 15 is 0 Å². The molecule has 0 aromatic rings. The summed E-state index contributed by atoms with van der Waals surface area (Å²) in [6.45, 7) is 6.69. The third kappa shape index (κ3) is 66.3. The van der Waals surface area contributed by atoms with Gasteiger partial charge in [-0.3, -0.25) is 14.4 Å². The van der Waals surface area contributed by atoms with Crippen LogP contribution in [-0.2, 0) is 28.6 Å². The number of unbranched alkanes of at least 4 members (excludes halogenated alkanes) is 49. The molecule has 0 aromatic carbocycles. The summed E-state index contributed by atoms with van der Waals surface area (Å²) in [6, 6.07) is 0. The molecule has 0 aromatic heterocycles. The van der Waals surface area contributed by atoms with Crippen molar-refractivity contribution in [3.05, 3.63) is 36.5 Å². The molecule has 6 heteroatoms. The van der Waals surface area contributed by atoms with Crippen molar-refractivity contribution in [1.82, 2.24) is 0 Å². The normalized spacial score (nSPS) is 12.2. The van der Waals surface area contributed by atoms with Gasteiger partial charge in [-0.25, -0.2) is 0 Å². The quantitative estimate of drug-likeness (QED) is 0.0261. The van der Waals surface area contributed by atoms with Crippen LogP contribution < -0.4 is 0 Å². The van der Waals surface area contributed by atoms with Crippen molar-refractivity contribution in [2.24, 2.45) is 0 Å². The Kier molecular flexibility index (Phi) is 66.1. The number of hydrogen-bond acceptors (Lipinski definition) is 6. The van der Waals surface area contributed by atoms with E-state index < -0.39 is 6.10 Å². The van der Waals surface area contributed by atoms with Crippen molar-refractivity contribution in [3.63, 3.8) is 0 Å². The molecule has 0 aliphatic heterocycles. The van der Waals surface area contributed by atoms with E-state index in [0.29, 0.717) is 19.3 Å². The molecule has 79 heavy (non-hydrogen) atoms. The first-order valence-electron chi connectivity index (χ1n) is 35.5. The molecule has 0 amide bonds. The van der Waals surface area contributed by atoms with Gasteiger partial charge in [0.1, 0.15) is 13.2 Å². The highest BCUT2D eigenvalue weighted by atomic mass is 16.6. The van der Waals surface area contributed by atoms with Crippen LogP contribution in [0.1, 0.15) is 393 Å². The second kappa shape index (κ2) is 68.1. The molecule has 6 nitrogen and oxygen atoms in total. The molecule has 0 spiro atoms. The smallest absolute Gasteiger partial charge is 0.306 e. The third-order valence-electron chi connectivity index (χ3n) is 16.1. The van der Waals surface area contributed by atoms with Crippen molar-refractivity contribution >= 4 is 17.9 Å². The molecule has 1 unspecified atom stereocenters. The fraction of sp³-hybridized carbons (Fsp3) is 0.877. The summed E-state index contributed by atoms with van der Waals surface area (Å²) in [6.07, 6.45) is 84.5. The van der Waals surface area contributed by atoms with E-state index in [-0.39, 0.29) is 31.1 Å². The summed E-state index contributed by atoms with van der Waals surface area (Å²) in [5.74, 6) is -0.849. The van der Waals surface area contributed by atoms with Crippen LogP contribution in [0.15, 0.2) is 36.5 Å². The van der Waals surface area contributed by atoms with Crippen LogP contribution in [0, 0.1) is 0 Å². The number of ether oxygens (including phenoxy) is 3. The standard InChI is InChI=1S/C73H136O6/c1-4-7-10-13-16-19-22-25-28-31-33-35-36-38-39-42-45-48-51-54-57-60-63-66-72(75)78-69-70(68-77-71(74)65-62-59-56-53-50-47-44-41-30-27-24-21-18-15-12-9-6-3)79-73(76)67-64-61-58-55-52-49-46-43-40-37-34-32-29-26-23-20-17-14-11-8-5-2/h18,21,27,30-31,33,70H,4-17,19-20,22-26,28-29,32,34-69H2,1-3H3/b21-18-,30-27-,33-31-. The lowest BCUT2D eigenvalue weighted by Gasteiger charge is -2.18. The Morgan fingerprint density at radius 3 is 0.734 bits per heavy atom. The molecule has 0 aliphatic carbocycles. The van der Waals surface area contributed by atoms with Crippen LogP contribution in [0.2, 0.25) is 0 Å². The van der Waals surface area contributed by atoms with Crippen molar-refractivity contribution in [1.29, 1.82) is 0 Å². The van der Waals surface area contributed by atoms with Crippen molar-refractivity contribution in [2.75, 3.05) is 13.2 Å². The van der Waals surface area contributed by atoms with Gasteiger partial charge in [-0.2, -0.15) is 0 Å². The predicted molar refractivity (Wildman–Crippen MR) is 344 cm³/mol. The van der Waals surface area contributed by atoms with Gasteiger partial charge in [0.05, 0.1) is 0 Å². The fourth-order valence-corrected chi connectivity index (χ4v) is 10.8. The Labute approximate surface area is 493 Å². The van der Waals surface area contributed by atoms with Gasteiger partial charge in [-0.05, 0) is 77.0 Å². The summed E-state index contributed by atoms with van der Waals surface area (Å²) in [5, 5.41) is 0. The Hall–Kier alpha value is -2.37. The summed E-state index contributed by atoms with van der Waals surface area (Å²) < 4.78 is 17.0. The molecule has 0 N–H and O–H groups in total. The van der Waals surface area contributed by atoms with Gasteiger partial charge in [0.2, 0.25) is 0 Å². The lowest BCUT2D eigenvalue weighted by Crippen LogP contribution is -2.30. The van der Waals surface area contributed by atoms with E-state index in [1.807, 2.05) is 0 Å². The molecule has 0 radical (unpaired) electrons. The Morgan fingerprint density at radius 2 is 0.456 bits per heavy atom. The lowest BCUT2D eigenvalue weighted by molar-refractivity contribution is -0.167. The molecule has 0 saturated heterocycles.